The normalized spacial score (nSPS) is 11.4. The fourth-order valence-electron chi connectivity index (χ4n) is 8.56. The summed E-state index contributed by atoms with van der Waals surface area (Å²) in [5, 5.41) is 4.87. The van der Waals surface area contributed by atoms with Crippen LogP contribution in [-0.2, 0) is 0 Å². The van der Waals surface area contributed by atoms with Crippen molar-refractivity contribution in [3.05, 3.63) is 224 Å². The minimum Gasteiger partial charge on any atom is -0.309 e. The Balaban J connectivity index is 0.952. The van der Waals surface area contributed by atoms with E-state index < -0.39 is 0 Å². The van der Waals surface area contributed by atoms with Crippen LogP contribution in [0.3, 0.4) is 0 Å². The number of rotatable bonds is 7. The molecule has 3 heteroatoms. The molecule has 9 aromatic carbocycles. The van der Waals surface area contributed by atoms with E-state index >= 15 is 0 Å². The van der Waals surface area contributed by atoms with Crippen LogP contribution in [0.4, 0.5) is 0 Å². The van der Waals surface area contributed by atoms with E-state index in [1.54, 1.807) is 0 Å². The molecule has 0 radical (unpaired) electrons. The van der Waals surface area contributed by atoms with Gasteiger partial charge in [-0.1, -0.05) is 188 Å². The van der Waals surface area contributed by atoms with E-state index in [4.69, 9.17) is 9.97 Å². The Morgan fingerprint density at radius 2 is 0.729 bits per heavy atom. The number of hydrogen-bond acceptors (Lipinski definition) is 2. The van der Waals surface area contributed by atoms with Gasteiger partial charge in [-0.3, -0.25) is 0 Å². The molecule has 0 N–H and O–H groups in total. The lowest BCUT2D eigenvalue weighted by molar-refractivity contribution is 1.18. The van der Waals surface area contributed by atoms with E-state index in [1.807, 2.05) is 18.2 Å². The molecule has 0 amide bonds. The Hall–Kier alpha value is -7.88. The molecule has 0 aliphatic carbocycles. The fourth-order valence-corrected chi connectivity index (χ4v) is 8.56. The van der Waals surface area contributed by atoms with Crippen LogP contribution in [0.1, 0.15) is 0 Å². The summed E-state index contributed by atoms with van der Waals surface area (Å²) in [5.41, 5.74) is 15.5. The lowest BCUT2D eigenvalue weighted by atomic mass is 9.92. The Kier molecular flexibility index (Phi) is 8.49. The third-order valence-electron chi connectivity index (χ3n) is 11.5. The Bertz CT molecular complexity index is 3240. The van der Waals surface area contributed by atoms with Gasteiger partial charge in [0.2, 0.25) is 0 Å². The Morgan fingerprint density at radius 1 is 0.271 bits per heavy atom. The molecule has 0 unspecified atom stereocenters. The van der Waals surface area contributed by atoms with Gasteiger partial charge in [0.15, 0.2) is 5.82 Å². The van der Waals surface area contributed by atoms with Crippen LogP contribution in [0, 0.1) is 0 Å². The van der Waals surface area contributed by atoms with Crippen LogP contribution < -0.4 is 0 Å². The van der Waals surface area contributed by atoms with E-state index in [0.29, 0.717) is 5.82 Å². The van der Waals surface area contributed by atoms with Crippen LogP contribution in [0.15, 0.2) is 224 Å². The minimum absolute atomic E-state index is 0.704. The summed E-state index contributed by atoms with van der Waals surface area (Å²) in [4.78, 5) is 10.4. The summed E-state index contributed by atoms with van der Waals surface area (Å²) in [5.74, 6) is 0.704. The van der Waals surface area contributed by atoms with Crippen LogP contribution in [-0.4, -0.2) is 14.5 Å². The molecule has 11 rings (SSSR count). The summed E-state index contributed by atoms with van der Waals surface area (Å²) in [6.45, 7) is 0. The second kappa shape index (κ2) is 14.6. The molecular weight excluding hydrogens is 715 g/mol. The molecule has 0 saturated heterocycles. The van der Waals surface area contributed by atoms with Gasteiger partial charge < -0.3 is 4.57 Å². The molecule has 11 aromatic rings. The predicted octanol–water partition coefficient (Wildman–Crippen LogP) is 14.7. The first-order valence-electron chi connectivity index (χ1n) is 20.1. The molecule has 0 saturated carbocycles. The molecule has 0 atom stereocenters. The number of para-hydroxylation sites is 2. The van der Waals surface area contributed by atoms with Gasteiger partial charge >= 0.3 is 0 Å². The molecule has 2 aromatic heterocycles. The molecule has 0 fully saturated rings. The van der Waals surface area contributed by atoms with Gasteiger partial charge in [-0.05, 0) is 80.6 Å². The van der Waals surface area contributed by atoms with E-state index in [2.05, 4.69) is 211 Å². The van der Waals surface area contributed by atoms with E-state index in [9.17, 15) is 0 Å². The van der Waals surface area contributed by atoms with Crippen LogP contribution in [0.25, 0.3) is 106 Å². The molecule has 2 heterocycles. The molecular formula is C56H37N3. The Labute approximate surface area is 343 Å². The van der Waals surface area contributed by atoms with E-state index in [1.165, 1.54) is 55.0 Å². The Morgan fingerprint density at radius 3 is 1.39 bits per heavy atom. The number of nitrogens with zero attached hydrogens (tertiary/aromatic N) is 3. The van der Waals surface area contributed by atoms with Gasteiger partial charge in [0, 0.05) is 33.2 Å². The topological polar surface area (TPSA) is 30.7 Å². The SMILES string of the molecule is c1ccc(-c2cccc(-c3cc(-c4ccc(-c5ccc(-c6ccc(-n7c8ccccc8c8ccccc87)cc6)cc5)c5ccccc45)nc(-c4ccccc4)n3)c2)cc1. The molecule has 276 valence electrons. The van der Waals surface area contributed by atoms with Crippen molar-refractivity contribution in [2.75, 3.05) is 0 Å². The molecule has 3 nitrogen and oxygen atoms in total. The second-order valence-corrected chi connectivity index (χ2v) is 15.0. The van der Waals surface area contributed by atoms with Crippen molar-refractivity contribution in [2.45, 2.75) is 0 Å². The van der Waals surface area contributed by atoms with Crippen molar-refractivity contribution in [3.8, 4) is 73.0 Å². The van der Waals surface area contributed by atoms with Crippen molar-refractivity contribution in [1.82, 2.24) is 14.5 Å². The van der Waals surface area contributed by atoms with Crippen LogP contribution in [0.5, 0.6) is 0 Å². The average molecular weight is 752 g/mol. The average Bonchev–Trinajstić information content (AvgIpc) is 3.66. The highest BCUT2D eigenvalue weighted by molar-refractivity contribution is 6.09. The van der Waals surface area contributed by atoms with Gasteiger partial charge in [0.1, 0.15) is 0 Å². The highest BCUT2D eigenvalue weighted by atomic mass is 15.0. The number of benzene rings is 9. The number of hydrogen-bond donors (Lipinski definition) is 0. The van der Waals surface area contributed by atoms with Crippen molar-refractivity contribution >= 4 is 32.6 Å². The summed E-state index contributed by atoms with van der Waals surface area (Å²) in [6.07, 6.45) is 0. The molecule has 59 heavy (non-hydrogen) atoms. The van der Waals surface area contributed by atoms with Crippen molar-refractivity contribution < 1.29 is 0 Å². The minimum atomic E-state index is 0.704. The van der Waals surface area contributed by atoms with Gasteiger partial charge in [0.05, 0.1) is 22.4 Å². The zero-order chi connectivity index (χ0) is 39.1. The third-order valence-corrected chi connectivity index (χ3v) is 11.5. The zero-order valence-electron chi connectivity index (χ0n) is 32.2. The van der Waals surface area contributed by atoms with Gasteiger partial charge in [-0.2, -0.15) is 0 Å². The summed E-state index contributed by atoms with van der Waals surface area (Å²) >= 11 is 0. The molecule has 0 bridgehead atoms. The van der Waals surface area contributed by atoms with Gasteiger partial charge in [-0.15, -0.1) is 0 Å². The zero-order valence-corrected chi connectivity index (χ0v) is 32.2. The van der Waals surface area contributed by atoms with Gasteiger partial charge in [-0.25, -0.2) is 9.97 Å². The van der Waals surface area contributed by atoms with Crippen molar-refractivity contribution in [3.63, 3.8) is 0 Å². The quantitative estimate of drug-likeness (QED) is 0.162. The maximum Gasteiger partial charge on any atom is 0.160 e. The van der Waals surface area contributed by atoms with Crippen LogP contribution >= 0.6 is 0 Å². The van der Waals surface area contributed by atoms with Crippen molar-refractivity contribution in [2.24, 2.45) is 0 Å². The van der Waals surface area contributed by atoms with Crippen LogP contribution in [0.2, 0.25) is 0 Å². The molecule has 0 aliphatic heterocycles. The van der Waals surface area contributed by atoms with E-state index in [0.717, 1.165) is 44.7 Å². The summed E-state index contributed by atoms with van der Waals surface area (Å²) in [7, 11) is 0. The third kappa shape index (κ3) is 6.26. The van der Waals surface area contributed by atoms with E-state index in [-0.39, 0.29) is 0 Å². The molecule has 0 spiro atoms. The predicted molar refractivity (Wildman–Crippen MR) is 246 cm³/mol. The maximum atomic E-state index is 5.22. The summed E-state index contributed by atoms with van der Waals surface area (Å²) < 4.78 is 2.36. The van der Waals surface area contributed by atoms with Crippen molar-refractivity contribution in [1.29, 1.82) is 0 Å². The lowest BCUT2D eigenvalue weighted by Gasteiger charge is -2.14. The standard InChI is InChI=1S/C56H37N3/c1-3-14-38(15-4-1)43-18-13-19-44(36-43)52-37-53(58-56(57-52)42-16-5-2-6-17-42)49-35-34-46(47-20-7-8-21-48(47)49)41-28-26-39(27-29-41)40-30-32-45(33-31-40)59-54-24-11-9-22-50(54)51-23-10-12-25-55(51)59/h1-37H. The van der Waals surface area contributed by atoms with Gasteiger partial charge in [0.25, 0.3) is 0 Å². The highest BCUT2D eigenvalue weighted by Crippen LogP contribution is 2.38. The molecule has 0 aliphatic rings. The maximum absolute atomic E-state index is 5.22. The number of aromatic nitrogens is 3. The lowest BCUT2D eigenvalue weighted by Crippen LogP contribution is -1.97. The first kappa shape index (κ1) is 34.4. The number of fused-ring (bicyclic) bond motifs is 4. The second-order valence-electron chi connectivity index (χ2n) is 15.0. The first-order valence-corrected chi connectivity index (χ1v) is 20.1. The fraction of sp³-hybridized carbons (Fsp3) is 0. The smallest absolute Gasteiger partial charge is 0.160 e. The monoisotopic (exact) mass is 751 g/mol. The first-order chi connectivity index (χ1) is 29.2. The summed E-state index contributed by atoms with van der Waals surface area (Å²) in [6, 6.07) is 79.8. The largest absolute Gasteiger partial charge is 0.309 e. The highest BCUT2D eigenvalue weighted by Gasteiger charge is 2.16.